The SMILES string of the molecule is O=C(COc1ccc(Br)cc1CNCCc1ccccc1)NCc1ccccc1.[Cl-]. The molecule has 0 saturated heterocycles. The van der Waals surface area contributed by atoms with Crippen molar-refractivity contribution in [3.63, 3.8) is 0 Å². The summed E-state index contributed by atoms with van der Waals surface area (Å²) < 4.78 is 6.77. The molecule has 4 nitrogen and oxygen atoms in total. The minimum atomic E-state index is -0.139. The molecule has 0 bridgehead atoms. The van der Waals surface area contributed by atoms with Gasteiger partial charge in [-0.25, -0.2) is 0 Å². The highest BCUT2D eigenvalue weighted by Gasteiger charge is 2.08. The van der Waals surface area contributed by atoms with Crippen molar-refractivity contribution in [1.82, 2.24) is 10.6 Å². The first-order valence-corrected chi connectivity index (χ1v) is 10.5. The molecule has 1 amide bonds. The van der Waals surface area contributed by atoms with Crippen LogP contribution in [-0.2, 0) is 24.3 Å². The monoisotopic (exact) mass is 487 g/mol. The zero-order valence-corrected chi connectivity index (χ0v) is 19.0. The van der Waals surface area contributed by atoms with Gasteiger partial charge in [-0.2, -0.15) is 0 Å². The number of carbonyl (C=O) groups is 1. The molecule has 0 aliphatic carbocycles. The highest BCUT2D eigenvalue weighted by atomic mass is 79.9. The summed E-state index contributed by atoms with van der Waals surface area (Å²) in [4.78, 5) is 12.1. The molecule has 0 unspecified atom stereocenters. The minimum Gasteiger partial charge on any atom is -1.00 e. The molecule has 0 heterocycles. The normalized spacial score (nSPS) is 10.2. The maximum absolute atomic E-state index is 12.1. The van der Waals surface area contributed by atoms with Gasteiger partial charge in [0, 0.05) is 23.1 Å². The number of carbonyl (C=O) groups excluding carboxylic acids is 1. The molecular formula is C24H25BrClN2O2-. The molecule has 158 valence electrons. The number of amides is 1. The van der Waals surface area contributed by atoms with Crippen LogP contribution in [0.1, 0.15) is 16.7 Å². The average Bonchev–Trinajstić information content (AvgIpc) is 2.76. The molecule has 6 heteroatoms. The largest absolute Gasteiger partial charge is 1.00 e. The Bertz CT molecular complexity index is 908. The second kappa shape index (κ2) is 13.1. The van der Waals surface area contributed by atoms with E-state index in [1.165, 1.54) is 5.56 Å². The van der Waals surface area contributed by atoms with Crippen molar-refractivity contribution in [2.45, 2.75) is 19.5 Å². The van der Waals surface area contributed by atoms with E-state index in [9.17, 15) is 4.79 Å². The average molecular weight is 489 g/mol. The number of hydrogen-bond acceptors (Lipinski definition) is 3. The lowest BCUT2D eigenvalue weighted by Crippen LogP contribution is -3.00. The van der Waals surface area contributed by atoms with E-state index in [1.807, 2.05) is 54.6 Å². The molecule has 3 rings (SSSR count). The molecule has 3 aromatic rings. The zero-order valence-electron chi connectivity index (χ0n) is 16.6. The van der Waals surface area contributed by atoms with Crippen LogP contribution in [0.3, 0.4) is 0 Å². The first-order valence-electron chi connectivity index (χ1n) is 9.67. The lowest BCUT2D eigenvalue weighted by atomic mass is 10.1. The van der Waals surface area contributed by atoms with E-state index in [2.05, 4.69) is 50.8 Å². The Labute approximate surface area is 192 Å². The summed E-state index contributed by atoms with van der Waals surface area (Å²) in [5.74, 6) is 0.579. The summed E-state index contributed by atoms with van der Waals surface area (Å²) in [6.07, 6.45) is 0.965. The summed E-state index contributed by atoms with van der Waals surface area (Å²) >= 11 is 3.51. The molecule has 0 atom stereocenters. The van der Waals surface area contributed by atoms with E-state index in [4.69, 9.17) is 4.74 Å². The lowest BCUT2D eigenvalue weighted by Gasteiger charge is -2.13. The van der Waals surface area contributed by atoms with Crippen molar-refractivity contribution in [3.05, 3.63) is 100 Å². The fraction of sp³-hybridized carbons (Fsp3) is 0.208. The fourth-order valence-corrected chi connectivity index (χ4v) is 3.33. The van der Waals surface area contributed by atoms with Crippen LogP contribution in [0.2, 0.25) is 0 Å². The third-order valence-corrected chi connectivity index (χ3v) is 4.96. The Kier molecular flexibility index (Phi) is 10.4. The van der Waals surface area contributed by atoms with E-state index >= 15 is 0 Å². The molecule has 0 saturated carbocycles. The van der Waals surface area contributed by atoms with Crippen LogP contribution in [-0.4, -0.2) is 19.1 Å². The molecule has 0 radical (unpaired) electrons. The number of ether oxygens (including phenoxy) is 1. The van der Waals surface area contributed by atoms with Crippen LogP contribution in [0.25, 0.3) is 0 Å². The Morgan fingerprint density at radius 3 is 2.23 bits per heavy atom. The van der Waals surface area contributed by atoms with E-state index in [0.717, 1.165) is 34.3 Å². The quantitative estimate of drug-likeness (QED) is 0.425. The van der Waals surface area contributed by atoms with Gasteiger partial charge in [0.2, 0.25) is 0 Å². The van der Waals surface area contributed by atoms with Crippen molar-refractivity contribution in [1.29, 1.82) is 0 Å². The summed E-state index contributed by atoms with van der Waals surface area (Å²) in [6, 6.07) is 26.1. The van der Waals surface area contributed by atoms with Crippen molar-refractivity contribution >= 4 is 21.8 Å². The number of nitrogens with one attached hydrogen (secondary N) is 2. The molecular weight excluding hydrogens is 464 g/mol. The smallest absolute Gasteiger partial charge is 0.258 e. The molecule has 3 aromatic carbocycles. The van der Waals surface area contributed by atoms with Crippen molar-refractivity contribution in [2.24, 2.45) is 0 Å². The summed E-state index contributed by atoms with van der Waals surface area (Å²) in [5.41, 5.74) is 3.39. The van der Waals surface area contributed by atoms with Gasteiger partial charge in [0.1, 0.15) is 5.75 Å². The van der Waals surface area contributed by atoms with E-state index in [0.29, 0.717) is 13.1 Å². The predicted molar refractivity (Wildman–Crippen MR) is 120 cm³/mol. The van der Waals surface area contributed by atoms with E-state index in [-0.39, 0.29) is 24.9 Å². The second-order valence-electron chi connectivity index (χ2n) is 6.72. The standard InChI is InChI=1S/C24H25BrN2O2.ClH/c25-22-11-12-23(29-18-24(28)27-16-20-9-5-2-6-10-20)21(15-22)17-26-14-13-19-7-3-1-4-8-19;/h1-12,15,26H,13-14,16-18H2,(H,27,28);1H/p-1. The second-order valence-corrected chi connectivity index (χ2v) is 7.63. The topological polar surface area (TPSA) is 50.4 Å². The van der Waals surface area contributed by atoms with Gasteiger partial charge < -0.3 is 27.8 Å². The van der Waals surface area contributed by atoms with Gasteiger partial charge in [-0.15, -0.1) is 0 Å². The van der Waals surface area contributed by atoms with Crippen LogP contribution >= 0.6 is 15.9 Å². The van der Waals surface area contributed by atoms with Crippen molar-refractivity contribution in [3.8, 4) is 5.75 Å². The molecule has 0 spiro atoms. The number of benzene rings is 3. The zero-order chi connectivity index (χ0) is 20.3. The molecule has 2 N–H and O–H groups in total. The van der Waals surface area contributed by atoms with E-state index in [1.54, 1.807) is 0 Å². The van der Waals surface area contributed by atoms with Crippen LogP contribution < -0.4 is 27.8 Å². The first kappa shape index (κ1) is 23.9. The first-order chi connectivity index (χ1) is 14.2. The van der Waals surface area contributed by atoms with Gasteiger partial charge in [-0.3, -0.25) is 4.79 Å². The van der Waals surface area contributed by atoms with Crippen LogP contribution in [0.15, 0.2) is 83.3 Å². The highest BCUT2D eigenvalue weighted by Crippen LogP contribution is 2.23. The summed E-state index contributed by atoms with van der Waals surface area (Å²) in [6.45, 7) is 2.03. The number of hydrogen-bond donors (Lipinski definition) is 2. The van der Waals surface area contributed by atoms with Gasteiger partial charge in [0.15, 0.2) is 6.61 Å². The molecule has 30 heavy (non-hydrogen) atoms. The van der Waals surface area contributed by atoms with Gasteiger partial charge in [0.25, 0.3) is 5.91 Å². The summed E-state index contributed by atoms with van der Waals surface area (Å²) in [7, 11) is 0. The van der Waals surface area contributed by atoms with Gasteiger partial charge in [-0.1, -0.05) is 76.6 Å². The minimum absolute atomic E-state index is 0. The van der Waals surface area contributed by atoms with Crippen LogP contribution in [0.5, 0.6) is 5.75 Å². The number of halogens is 2. The van der Waals surface area contributed by atoms with Crippen molar-refractivity contribution in [2.75, 3.05) is 13.2 Å². The van der Waals surface area contributed by atoms with Crippen LogP contribution in [0, 0.1) is 0 Å². The Morgan fingerprint density at radius 2 is 1.53 bits per heavy atom. The Morgan fingerprint density at radius 1 is 0.867 bits per heavy atom. The van der Waals surface area contributed by atoms with E-state index < -0.39 is 0 Å². The van der Waals surface area contributed by atoms with Gasteiger partial charge in [-0.05, 0) is 42.3 Å². The molecule has 0 aliphatic rings. The molecule has 0 fully saturated rings. The van der Waals surface area contributed by atoms with Crippen LogP contribution in [0.4, 0.5) is 0 Å². The predicted octanol–water partition coefficient (Wildman–Crippen LogP) is 1.48. The Hall–Kier alpha value is -2.34. The molecule has 0 aliphatic heterocycles. The maximum atomic E-state index is 12.1. The third-order valence-electron chi connectivity index (χ3n) is 4.46. The summed E-state index contributed by atoms with van der Waals surface area (Å²) in [5, 5.41) is 6.33. The Balaban J connectivity index is 0.00000320. The van der Waals surface area contributed by atoms with Gasteiger partial charge >= 0.3 is 0 Å². The lowest BCUT2D eigenvalue weighted by molar-refractivity contribution is -0.123. The van der Waals surface area contributed by atoms with Gasteiger partial charge in [0.05, 0.1) is 0 Å². The molecule has 0 aromatic heterocycles. The fourth-order valence-electron chi connectivity index (χ4n) is 2.92. The third kappa shape index (κ3) is 8.19. The number of rotatable bonds is 10. The maximum Gasteiger partial charge on any atom is 0.258 e. The van der Waals surface area contributed by atoms with Crippen molar-refractivity contribution < 1.29 is 21.9 Å². The highest BCUT2D eigenvalue weighted by molar-refractivity contribution is 9.10.